The molecule has 0 fully saturated rings. The Bertz CT molecular complexity index is 878. The van der Waals surface area contributed by atoms with Crippen LogP contribution in [-0.2, 0) is 18.0 Å². The monoisotopic (exact) mass is 413 g/mol. The number of benzene rings is 3. The van der Waals surface area contributed by atoms with Gasteiger partial charge in [-0.25, -0.2) is 0 Å². The zero-order valence-corrected chi connectivity index (χ0v) is 18.4. The molecule has 1 unspecified atom stereocenters. The Morgan fingerprint density at radius 2 is 1.32 bits per heavy atom. The highest BCUT2D eigenvalue weighted by Crippen LogP contribution is 2.49. The predicted molar refractivity (Wildman–Crippen MR) is 125 cm³/mol. The number of ether oxygens (including phenoxy) is 2. The van der Waals surface area contributed by atoms with Crippen LogP contribution in [0.2, 0.25) is 0 Å². The Kier molecular flexibility index (Phi) is 7.01. The maximum Gasteiger partial charge on any atom is 0.122 e. The topological polar surface area (TPSA) is 44.5 Å². The van der Waals surface area contributed by atoms with Crippen molar-refractivity contribution in [2.45, 2.75) is 18.1 Å². The minimum absolute atomic E-state index is 0.588. The van der Waals surface area contributed by atoms with Gasteiger partial charge in [0.25, 0.3) is 0 Å². The minimum Gasteiger partial charge on any atom is -0.484 e. The summed E-state index contributed by atoms with van der Waals surface area (Å²) in [5.41, 5.74) is 8.90. The summed E-state index contributed by atoms with van der Waals surface area (Å²) in [7, 11) is 1.65. The maximum absolute atomic E-state index is 6.06. The third-order valence-corrected chi connectivity index (χ3v) is 7.12. The Hall–Kier alpha value is -2.00. The fourth-order valence-corrected chi connectivity index (χ4v) is 4.33. The van der Waals surface area contributed by atoms with Gasteiger partial charge in [0.2, 0.25) is 0 Å². The third kappa shape index (κ3) is 6.00. The van der Waals surface area contributed by atoms with Gasteiger partial charge in [-0.05, 0) is 70.2 Å². The van der Waals surface area contributed by atoms with Crippen LogP contribution in [0.25, 0.3) is 0 Å². The van der Waals surface area contributed by atoms with Crippen LogP contribution >= 0.6 is 19.3 Å². The summed E-state index contributed by atoms with van der Waals surface area (Å²) in [6.45, 7) is 1.20. The first-order chi connectivity index (χ1) is 13.4. The fourth-order valence-electron chi connectivity index (χ4n) is 2.70. The van der Waals surface area contributed by atoms with E-state index in [0.29, 0.717) is 19.2 Å². The Morgan fingerprint density at radius 3 is 1.89 bits per heavy atom. The molecule has 0 saturated heterocycles. The van der Waals surface area contributed by atoms with Crippen LogP contribution in [0.3, 0.4) is 0 Å². The Labute approximate surface area is 171 Å². The second-order valence-corrected chi connectivity index (χ2v) is 11.7. The molecule has 0 aliphatic heterocycles. The molecule has 0 amide bonds. The number of anilines is 1. The first-order valence-corrected chi connectivity index (χ1v) is 12.3. The summed E-state index contributed by atoms with van der Waals surface area (Å²) in [4.78, 5) is 1.29. The molecule has 3 nitrogen and oxygen atoms in total. The molecule has 5 heteroatoms. The molecule has 1 atom stereocenters. The van der Waals surface area contributed by atoms with Crippen LogP contribution in [0.15, 0.2) is 77.7 Å². The van der Waals surface area contributed by atoms with Crippen molar-refractivity contribution in [3.8, 4) is 5.75 Å². The number of hydrogen-bond acceptors (Lipinski definition) is 3. The number of nitrogens with two attached hydrogens (primary N) is 1. The van der Waals surface area contributed by atoms with Crippen LogP contribution in [0.1, 0.15) is 11.1 Å². The summed E-state index contributed by atoms with van der Waals surface area (Å²) < 4.78 is 11.9. The van der Waals surface area contributed by atoms with Gasteiger partial charge < -0.3 is 15.2 Å². The van der Waals surface area contributed by atoms with Crippen molar-refractivity contribution >= 4 is 30.3 Å². The normalized spacial score (nSPS) is 12.0. The molecule has 0 radical (unpaired) electrons. The molecule has 0 heterocycles. The van der Waals surface area contributed by atoms with E-state index < -0.39 is 10.0 Å². The second kappa shape index (κ2) is 9.47. The summed E-state index contributed by atoms with van der Waals surface area (Å²) in [5.74, 6) is 1.56. The zero-order chi connectivity index (χ0) is 20.0. The molecule has 0 aliphatic rings. The van der Waals surface area contributed by atoms with Gasteiger partial charge in [0.1, 0.15) is 11.7 Å². The van der Waals surface area contributed by atoms with E-state index in [1.807, 2.05) is 24.3 Å². The largest absolute Gasteiger partial charge is 0.484 e. The van der Waals surface area contributed by atoms with Gasteiger partial charge >= 0.3 is 0 Å². The molecule has 0 saturated carbocycles. The van der Waals surface area contributed by atoms with Gasteiger partial charge in [-0.1, -0.05) is 36.4 Å². The van der Waals surface area contributed by atoms with Gasteiger partial charge in [-0.2, -0.15) is 10.0 Å². The average Bonchev–Trinajstić information content (AvgIpc) is 2.69. The van der Waals surface area contributed by atoms with Crippen molar-refractivity contribution in [3.05, 3.63) is 83.9 Å². The number of nitrogen functional groups attached to an aromatic ring is 1. The predicted octanol–water partition coefficient (Wildman–Crippen LogP) is 4.95. The van der Waals surface area contributed by atoms with Crippen LogP contribution in [-0.4, -0.2) is 18.5 Å². The van der Waals surface area contributed by atoms with E-state index in [1.54, 1.807) is 0 Å². The van der Waals surface area contributed by atoms with Crippen LogP contribution in [0, 0.1) is 0 Å². The minimum atomic E-state index is -1.04. The molecule has 2 N–H and O–H groups in total. The van der Waals surface area contributed by atoms with Gasteiger partial charge in [-0.15, -0.1) is 9.24 Å². The smallest absolute Gasteiger partial charge is 0.122 e. The molecule has 3 aromatic rings. The first kappa shape index (κ1) is 20.7. The van der Waals surface area contributed by atoms with Crippen molar-refractivity contribution in [3.63, 3.8) is 0 Å². The molecular weight excluding hydrogens is 385 g/mol. The molecule has 0 spiro atoms. The molecule has 0 bridgehead atoms. The van der Waals surface area contributed by atoms with Crippen LogP contribution < -0.4 is 15.8 Å². The van der Waals surface area contributed by atoms with Crippen molar-refractivity contribution in [2.75, 3.05) is 24.2 Å². The first-order valence-electron chi connectivity index (χ1n) is 9.13. The Balaban J connectivity index is 1.48. The molecule has 0 aliphatic carbocycles. The fraction of sp³-hybridized carbons (Fsp3) is 0.217. The summed E-state index contributed by atoms with van der Waals surface area (Å²) >= 11 is 0. The zero-order valence-electron chi connectivity index (χ0n) is 16.4. The lowest BCUT2D eigenvalue weighted by Gasteiger charge is -2.31. The van der Waals surface area contributed by atoms with E-state index in [0.717, 1.165) is 17.0 Å². The molecular formula is C23H28NO2PS. The van der Waals surface area contributed by atoms with E-state index in [9.17, 15) is 0 Å². The summed E-state index contributed by atoms with van der Waals surface area (Å²) in [6.07, 6.45) is 4.51. The highest BCUT2D eigenvalue weighted by molar-refractivity contribution is 8.32. The lowest BCUT2D eigenvalue weighted by molar-refractivity contribution is 0.107. The average molecular weight is 414 g/mol. The van der Waals surface area contributed by atoms with Gasteiger partial charge in [0, 0.05) is 5.69 Å². The SMILES string of the molecule is CS(C)(COc1ccc(COCc2ccc(P)cc2)cc1)c1ccc(N)cc1. The highest BCUT2D eigenvalue weighted by atomic mass is 32.3. The summed E-state index contributed by atoms with van der Waals surface area (Å²) in [6, 6.07) is 24.6. The third-order valence-electron chi connectivity index (χ3n) is 4.48. The maximum atomic E-state index is 6.06. The van der Waals surface area contributed by atoms with E-state index in [1.165, 1.54) is 15.8 Å². The van der Waals surface area contributed by atoms with E-state index in [-0.39, 0.29) is 0 Å². The van der Waals surface area contributed by atoms with Crippen molar-refractivity contribution in [2.24, 2.45) is 0 Å². The van der Waals surface area contributed by atoms with Crippen molar-refractivity contribution in [1.29, 1.82) is 0 Å². The lowest BCUT2D eigenvalue weighted by Crippen LogP contribution is -2.08. The molecule has 3 aromatic carbocycles. The molecule has 0 aromatic heterocycles. The lowest BCUT2D eigenvalue weighted by atomic mass is 10.2. The van der Waals surface area contributed by atoms with Crippen molar-refractivity contribution < 1.29 is 9.47 Å². The second-order valence-electron chi connectivity index (χ2n) is 7.25. The van der Waals surface area contributed by atoms with Crippen LogP contribution in [0.5, 0.6) is 5.75 Å². The van der Waals surface area contributed by atoms with Gasteiger partial charge in [0.05, 0.1) is 13.2 Å². The highest BCUT2D eigenvalue weighted by Gasteiger charge is 2.15. The van der Waals surface area contributed by atoms with Crippen LogP contribution in [0.4, 0.5) is 5.69 Å². The van der Waals surface area contributed by atoms with Gasteiger partial charge in [-0.3, -0.25) is 0 Å². The number of rotatable bonds is 8. The molecule has 148 valence electrons. The summed E-state index contributed by atoms with van der Waals surface area (Å²) in [5, 5.41) is 1.18. The Morgan fingerprint density at radius 1 is 0.786 bits per heavy atom. The molecule has 3 rings (SSSR count). The van der Waals surface area contributed by atoms with E-state index in [2.05, 4.69) is 70.3 Å². The van der Waals surface area contributed by atoms with Gasteiger partial charge in [0.15, 0.2) is 0 Å². The van der Waals surface area contributed by atoms with E-state index >= 15 is 0 Å². The van der Waals surface area contributed by atoms with Crippen molar-refractivity contribution in [1.82, 2.24) is 0 Å². The standard InChI is InChI=1S/C23H28NO2PS/c1-28(2,23-13-7-20(24)8-14-23)17-26-21-9-3-18(4-10-21)15-25-16-19-5-11-22(27)12-6-19/h3-14H,15-17,24,27H2,1-2H3. The number of hydrogen-bond donors (Lipinski definition) is 1. The quantitative estimate of drug-likeness (QED) is 0.420. The molecule has 28 heavy (non-hydrogen) atoms. The van der Waals surface area contributed by atoms with E-state index in [4.69, 9.17) is 15.2 Å².